The zero-order valence-corrected chi connectivity index (χ0v) is 37.1. The van der Waals surface area contributed by atoms with E-state index in [-0.39, 0.29) is 0 Å². The SMILES string of the molecule is c1ccc(-c2oc3cc(-c4ccc(-c5c6ccccc6c(-c6cccc(-c7ccc8c(-c9ccccc9)c(-c9ccccc9)oc8c7)c6)c6ccccc56)cc4)ccc3c2-c2ccccc2)cc1. The van der Waals surface area contributed by atoms with Gasteiger partial charge in [-0.1, -0.05) is 224 Å². The Balaban J connectivity index is 0.891. The van der Waals surface area contributed by atoms with Gasteiger partial charge in [0.1, 0.15) is 22.7 Å². The predicted octanol–water partition coefficient (Wildman–Crippen LogP) is 18.8. The molecule has 0 amide bonds. The van der Waals surface area contributed by atoms with E-state index < -0.39 is 0 Å². The second-order valence-electron chi connectivity index (χ2n) is 17.5. The summed E-state index contributed by atoms with van der Waals surface area (Å²) in [5, 5.41) is 7.08. The minimum atomic E-state index is 0.868. The molecule has 0 bridgehead atoms. The molecule has 0 spiro atoms. The average Bonchev–Trinajstić information content (AvgIpc) is 4.00. The van der Waals surface area contributed by atoms with E-state index in [1.165, 1.54) is 43.8 Å². The molecule has 318 valence electrons. The van der Waals surface area contributed by atoms with Crippen LogP contribution in [0.25, 0.3) is 133 Å². The average molecular weight is 867 g/mol. The van der Waals surface area contributed by atoms with E-state index in [0.29, 0.717) is 0 Å². The van der Waals surface area contributed by atoms with Gasteiger partial charge >= 0.3 is 0 Å². The molecule has 0 N–H and O–H groups in total. The maximum atomic E-state index is 6.77. The quantitative estimate of drug-likeness (QED) is 0.142. The Bertz CT molecular complexity index is 3920. The van der Waals surface area contributed by atoms with E-state index in [4.69, 9.17) is 8.83 Å². The molecule has 0 aliphatic carbocycles. The van der Waals surface area contributed by atoms with Crippen LogP contribution in [0.3, 0.4) is 0 Å². The van der Waals surface area contributed by atoms with Crippen LogP contribution in [-0.2, 0) is 0 Å². The highest BCUT2D eigenvalue weighted by molar-refractivity contribution is 6.21. The molecule has 0 saturated carbocycles. The van der Waals surface area contributed by atoms with Crippen LogP contribution in [0.2, 0.25) is 0 Å². The third kappa shape index (κ3) is 6.73. The molecule has 2 heterocycles. The second kappa shape index (κ2) is 16.5. The van der Waals surface area contributed by atoms with Gasteiger partial charge in [0, 0.05) is 33.0 Å². The molecule has 13 aromatic rings. The maximum Gasteiger partial charge on any atom is 0.143 e. The highest BCUT2D eigenvalue weighted by Gasteiger charge is 2.22. The van der Waals surface area contributed by atoms with E-state index >= 15 is 0 Å². The van der Waals surface area contributed by atoms with E-state index in [9.17, 15) is 0 Å². The standard InChI is InChI=1S/C66H42O2/c1-5-18-44(19-6-1)63-57-38-36-50(41-59(57)67-65(63)47-22-9-3-10-23-47)43-32-34-46(35-33-43)61-53-28-13-15-30-55(53)62(56-31-16-14-29-54(56)61)52-27-17-26-49(40-52)51-37-39-58-60(42-51)68-66(48-24-11-4-12-25-48)64(58)45-20-7-2-8-21-45/h1-42H. The second-order valence-corrected chi connectivity index (χ2v) is 17.5. The van der Waals surface area contributed by atoms with Crippen molar-refractivity contribution in [1.82, 2.24) is 0 Å². The Labute approximate surface area is 394 Å². The minimum Gasteiger partial charge on any atom is -0.455 e. The molecule has 0 unspecified atom stereocenters. The van der Waals surface area contributed by atoms with Crippen molar-refractivity contribution in [2.45, 2.75) is 0 Å². The normalized spacial score (nSPS) is 11.5. The summed E-state index contributed by atoms with van der Waals surface area (Å²) in [6, 6.07) is 91.0. The number of fused-ring (bicyclic) bond motifs is 4. The molecule has 0 radical (unpaired) electrons. The van der Waals surface area contributed by atoms with Crippen molar-refractivity contribution in [3.63, 3.8) is 0 Å². The van der Waals surface area contributed by atoms with Gasteiger partial charge in [0.25, 0.3) is 0 Å². The lowest BCUT2D eigenvalue weighted by Crippen LogP contribution is -1.91. The van der Waals surface area contributed by atoms with Crippen molar-refractivity contribution in [3.05, 3.63) is 255 Å². The smallest absolute Gasteiger partial charge is 0.143 e. The van der Waals surface area contributed by atoms with Crippen LogP contribution in [0.4, 0.5) is 0 Å². The van der Waals surface area contributed by atoms with Gasteiger partial charge in [-0.3, -0.25) is 0 Å². The van der Waals surface area contributed by atoms with Crippen molar-refractivity contribution in [2.24, 2.45) is 0 Å². The third-order valence-corrected chi connectivity index (χ3v) is 13.5. The summed E-state index contributed by atoms with van der Waals surface area (Å²) in [6.07, 6.45) is 0. The number of rotatable bonds is 8. The van der Waals surface area contributed by atoms with Gasteiger partial charge in [-0.2, -0.15) is 0 Å². The summed E-state index contributed by atoms with van der Waals surface area (Å²) in [4.78, 5) is 0. The zero-order valence-electron chi connectivity index (χ0n) is 37.1. The fourth-order valence-corrected chi connectivity index (χ4v) is 10.4. The summed E-state index contributed by atoms with van der Waals surface area (Å²) in [7, 11) is 0. The predicted molar refractivity (Wildman–Crippen MR) is 284 cm³/mol. The first kappa shape index (κ1) is 39.4. The number of hydrogen-bond donors (Lipinski definition) is 0. The first-order valence-corrected chi connectivity index (χ1v) is 23.2. The van der Waals surface area contributed by atoms with E-state index in [2.05, 4.69) is 243 Å². The summed E-state index contributed by atoms with van der Waals surface area (Å²) in [5.41, 5.74) is 17.7. The number of furan rings is 2. The highest BCUT2D eigenvalue weighted by atomic mass is 16.3. The molecule has 0 fully saturated rings. The Morgan fingerprint density at radius 2 is 0.485 bits per heavy atom. The monoisotopic (exact) mass is 866 g/mol. The fraction of sp³-hybridized carbons (Fsp3) is 0. The minimum absolute atomic E-state index is 0.868. The van der Waals surface area contributed by atoms with Gasteiger partial charge < -0.3 is 8.83 Å². The van der Waals surface area contributed by atoms with Crippen LogP contribution in [0.1, 0.15) is 0 Å². The fourth-order valence-electron chi connectivity index (χ4n) is 10.4. The lowest BCUT2D eigenvalue weighted by Gasteiger charge is -2.18. The van der Waals surface area contributed by atoms with Crippen molar-refractivity contribution in [3.8, 4) is 89.4 Å². The lowest BCUT2D eigenvalue weighted by atomic mass is 9.85. The van der Waals surface area contributed by atoms with Crippen LogP contribution < -0.4 is 0 Å². The molecule has 0 aliphatic heterocycles. The van der Waals surface area contributed by atoms with E-state index in [0.717, 1.165) is 89.1 Å². The lowest BCUT2D eigenvalue weighted by molar-refractivity contribution is 0.632. The first-order valence-electron chi connectivity index (χ1n) is 23.2. The summed E-state index contributed by atoms with van der Waals surface area (Å²) in [6.45, 7) is 0. The van der Waals surface area contributed by atoms with Crippen molar-refractivity contribution >= 4 is 43.5 Å². The van der Waals surface area contributed by atoms with Crippen molar-refractivity contribution in [1.29, 1.82) is 0 Å². The molecule has 11 aromatic carbocycles. The number of benzene rings is 11. The molecule has 0 atom stereocenters. The largest absolute Gasteiger partial charge is 0.455 e. The molecule has 68 heavy (non-hydrogen) atoms. The highest BCUT2D eigenvalue weighted by Crippen LogP contribution is 2.47. The molecule has 0 aliphatic rings. The maximum absolute atomic E-state index is 6.77. The van der Waals surface area contributed by atoms with E-state index in [1.807, 2.05) is 12.1 Å². The molecule has 0 saturated heterocycles. The van der Waals surface area contributed by atoms with Crippen LogP contribution in [0.15, 0.2) is 264 Å². The number of hydrogen-bond acceptors (Lipinski definition) is 2. The Morgan fingerprint density at radius 3 is 0.941 bits per heavy atom. The van der Waals surface area contributed by atoms with Crippen LogP contribution in [0.5, 0.6) is 0 Å². The van der Waals surface area contributed by atoms with E-state index in [1.54, 1.807) is 0 Å². The molecule has 2 nitrogen and oxygen atoms in total. The third-order valence-electron chi connectivity index (χ3n) is 13.5. The van der Waals surface area contributed by atoms with Gasteiger partial charge in [0.05, 0.1) is 0 Å². The van der Waals surface area contributed by atoms with Crippen LogP contribution in [0, 0.1) is 0 Å². The Kier molecular flexibility index (Phi) is 9.54. The molecular weight excluding hydrogens is 825 g/mol. The van der Waals surface area contributed by atoms with Crippen LogP contribution >= 0.6 is 0 Å². The van der Waals surface area contributed by atoms with Gasteiger partial charge in [-0.15, -0.1) is 0 Å². The van der Waals surface area contributed by atoms with Crippen LogP contribution in [-0.4, -0.2) is 0 Å². The van der Waals surface area contributed by atoms with Crippen molar-refractivity contribution < 1.29 is 8.83 Å². The molecule has 2 heteroatoms. The van der Waals surface area contributed by atoms with Gasteiger partial charge in [-0.25, -0.2) is 0 Å². The van der Waals surface area contributed by atoms with Gasteiger partial charge in [0.15, 0.2) is 0 Å². The summed E-state index contributed by atoms with van der Waals surface area (Å²) in [5.74, 6) is 1.77. The molecular formula is C66H42O2. The topological polar surface area (TPSA) is 26.3 Å². The Morgan fingerprint density at radius 1 is 0.176 bits per heavy atom. The zero-order chi connectivity index (χ0) is 45.0. The summed E-state index contributed by atoms with van der Waals surface area (Å²) < 4.78 is 13.5. The first-order chi connectivity index (χ1) is 33.7. The van der Waals surface area contributed by atoms with Gasteiger partial charge in [0.2, 0.25) is 0 Å². The summed E-state index contributed by atoms with van der Waals surface area (Å²) >= 11 is 0. The Hall–Kier alpha value is -8.98. The molecule has 2 aromatic heterocycles. The van der Waals surface area contributed by atoms with Crippen molar-refractivity contribution in [2.75, 3.05) is 0 Å². The molecule has 13 rings (SSSR count). The van der Waals surface area contributed by atoms with Gasteiger partial charge in [-0.05, 0) is 108 Å².